The molecule has 0 atom stereocenters. The van der Waals surface area contributed by atoms with E-state index < -0.39 is 6.03 Å². The molecule has 1 heterocycles. The van der Waals surface area contributed by atoms with E-state index in [0.29, 0.717) is 0 Å². The van der Waals surface area contributed by atoms with Gasteiger partial charge in [-0.25, -0.2) is 10.3 Å². The molecular weight excluding hydrogens is 195 g/mol. The summed E-state index contributed by atoms with van der Waals surface area (Å²) in [7, 11) is 0. The van der Waals surface area contributed by atoms with Crippen LogP contribution in [0.5, 0.6) is 0 Å². The molecule has 0 unspecified atom stereocenters. The number of hydroxylamine groups is 1. The Hall–Kier alpha value is -0.620. The van der Waals surface area contributed by atoms with E-state index in [1.807, 2.05) is 32.4 Å². The van der Waals surface area contributed by atoms with Gasteiger partial charge < -0.3 is 10.2 Å². The second-order valence-electron chi connectivity index (χ2n) is 2.21. The van der Waals surface area contributed by atoms with Gasteiger partial charge in [0.2, 0.25) is 0 Å². The molecular formula is C8H13N2NaO3. The maximum Gasteiger partial charge on any atom is 1.00 e. The molecule has 14 heavy (non-hydrogen) atoms. The summed E-state index contributed by atoms with van der Waals surface area (Å²) in [5, 5.41) is 7.42. The van der Waals surface area contributed by atoms with Crippen LogP contribution in [0.1, 0.15) is 18.4 Å². The monoisotopic (exact) mass is 208 g/mol. The van der Waals surface area contributed by atoms with Crippen LogP contribution in [0.4, 0.5) is 4.79 Å². The van der Waals surface area contributed by atoms with Crippen LogP contribution in [0.3, 0.4) is 0 Å². The summed E-state index contributed by atoms with van der Waals surface area (Å²) in [6.45, 7) is 3.89. The summed E-state index contributed by atoms with van der Waals surface area (Å²) in [5.74, 6) is 1.92. The van der Waals surface area contributed by atoms with Crippen molar-refractivity contribution >= 4 is 6.03 Å². The summed E-state index contributed by atoms with van der Waals surface area (Å²) in [5.41, 5.74) is 5.46. The fraction of sp³-hybridized carbons (Fsp3) is 0.250. The molecule has 4 N–H and O–H groups in total. The minimum Gasteiger partial charge on any atom is -0.501 e. The Bertz CT molecular complexity index is 263. The Labute approximate surface area is 105 Å². The van der Waals surface area contributed by atoms with Crippen LogP contribution in [0, 0.1) is 13.3 Å². The van der Waals surface area contributed by atoms with Crippen molar-refractivity contribution in [3.8, 4) is 0 Å². The summed E-state index contributed by atoms with van der Waals surface area (Å²) >= 11 is 0. The van der Waals surface area contributed by atoms with Crippen LogP contribution in [-0.4, -0.2) is 11.2 Å². The smallest absolute Gasteiger partial charge is 0.501 e. The van der Waals surface area contributed by atoms with Crippen LogP contribution < -0.4 is 40.8 Å². The minimum absolute atomic E-state index is 0. The number of carbonyl (C=O) groups is 1. The summed E-state index contributed by atoms with van der Waals surface area (Å²) in [6, 6.07) is 2.97. The molecule has 0 aliphatic heterocycles. The third-order valence-electron chi connectivity index (χ3n) is 1.16. The third-order valence-corrected chi connectivity index (χ3v) is 1.16. The Kier molecular flexibility index (Phi) is 10.1. The number of nitrogens with one attached hydrogen (secondary N) is 1. The van der Waals surface area contributed by atoms with Gasteiger partial charge in [0.1, 0.15) is 0 Å². The average molecular weight is 208 g/mol. The van der Waals surface area contributed by atoms with Crippen LogP contribution in [0.2, 0.25) is 0 Å². The number of urea groups is 1. The maximum atomic E-state index is 9.23. The number of furan rings is 1. The van der Waals surface area contributed by atoms with E-state index in [1.165, 1.54) is 5.48 Å². The SMILES string of the molecule is C[CH-]c1ccc(C)o1.NC(=O)NO.[Na+]. The fourth-order valence-corrected chi connectivity index (χ4v) is 0.609. The molecule has 0 saturated carbocycles. The van der Waals surface area contributed by atoms with Crippen molar-refractivity contribution < 1.29 is 44.0 Å². The van der Waals surface area contributed by atoms with Crippen LogP contribution >= 0.6 is 0 Å². The van der Waals surface area contributed by atoms with Gasteiger partial charge in [-0.3, -0.25) is 5.21 Å². The normalized spacial score (nSPS) is 7.64. The molecule has 5 nitrogen and oxygen atoms in total. The van der Waals surface area contributed by atoms with E-state index in [9.17, 15) is 4.79 Å². The van der Waals surface area contributed by atoms with E-state index in [4.69, 9.17) is 9.62 Å². The van der Waals surface area contributed by atoms with Crippen LogP contribution in [0.25, 0.3) is 0 Å². The van der Waals surface area contributed by atoms with E-state index in [2.05, 4.69) is 5.73 Å². The number of amides is 2. The molecule has 0 radical (unpaired) electrons. The van der Waals surface area contributed by atoms with Gasteiger partial charge in [0.05, 0.1) is 5.76 Å². The first-order valence-electron chi connectivity index (χ1n) is 3.65. The van der Waals surface area contributed by atoms with Crippen molar-refractivity contribution in [1.82, 2.24) is 5.48 Å². The first kappa shape index (κ1) is 15.8. The van der Waals surface area contributed by atoms with Crippen LogP contribution in [-0.2, 0) is 0 Å². The van der Waals surface area contributed by atoms with Crippen molar-refractivity contribution in [2.24, 2.45) is 5.73 Å². The summed E-state index contributed by atoms with van der Waals surface area (Å²) in [6.07, 6.45) is 1.94. The average Bonchev–Trinajstić information content (AvgIpc) is 2.52. The molecule has 6 heteroatoms. The number of aryl methyl sites for hydroxylation is 1. The zero-order chi connectivity index (χ0) is 10.3. The molecule has 2 amide bonds. The van der Waals surface area contributed by atoms with Crippen molar-refractivity contribution in [2.45, 2.75) is 13.8 Å². The first-order valence-corrected chi connectivity index (χ1v) is 3.65. The predicted molar refractivity (Wildman–Crippen MR) is 47.0 cm³/mol. The summed E-state index contributed by atoms with van der Waals surface area (Å²) < 4.78 is 5.18. The van der Waals surface area contributed by atoms with E-state index in [1.54, 1.807) is 0 Å². The molecule has 0 aliphatic rings. The van der Waals surface area contributed by atoms with E-state index >= 15 is 0 Å². The molecule has 0 fully saturated rings. The van der Waals surface area contributed by atoms with Gasteiger partial charge in [0.25, 0.3) is 0 Å². The Balaban J connectivity index is 0. The number of nitrogens with two attached hydrogens (primary N) is 1. The van der Waals surface area contributed by atoms with Gasteiger partial charge in [0.15, 0.2) is 0 Å². The molecule has 1 aromatic heterocycles. The van der Waals surface area contributed by atoms with Crippen LogP contribution in [0.15, 0.2) is 16.5 Å². The summed E-state index contributed by atoms with van der Waals surface area (Å²) in [4.78, 5) is 9.23. The number of hydrogen-bond acceptors (Lipinski definition) is 3. The molecule has 1 aromatic rings. The molecule has 0 bridgehead atoms. The molecule has 0 spiro atoms. The Morgan fingerprint density at radius 2 is 2.14 bits per heavy atom. The topological polar surface area (TPSA) is 88.5 Å². The van der Waals surface area contributed by atoms with E-state index in [-0.39, 0.29) is 29.6 Å². The van der Waals surface area contributed by atoms with Crippen molar-refractivity contribution in [1.29, 1.82) is 0 Å². The van der Waals surface area contributed by atoms with Crippen molar-refractivity contribution in [3.05, 3.63) is 30.1 Å². The minimum atomic E-state index is -0.940. The molecule has 0 aromatic carbocycles. The predicted octanol–water partition coefficient (Wildman–Crippen LogP) is -1.79. The van der Waals surface area contributed by atoms with Crippen molar-refractivity contribution in [3.63, 3.8) is 0 Å². The van der Waals surface area contributed by atoms with Crippen molar-refractivity contribution in [2.75, 3.05) is 0 Å². The fourth-order valence-electron chi connectivity index (χ4n) is 0.609. The molecule has 1 rings (SSSR count). The van der Waals surface area contributed by atoms with Gasteiger partial charge in [-0.15, -0.1) is 13.0 Å². The Morgan fingerprint density at radius 3 is 2.29 bits per heavy atom. The number of hydrogen-bond donors (Lipinski definition) is 3. The zero-order valence-corrected chi connectivity index (χ0v) is 10.6. The van der Waals surface area contributed by atoms with Gasteiger partial charge in [0, 0.05) is 0 Å². The first-order chi connectivity index (χ1) is 6.10. The zero-order valence-electron chi connectivity index (χ0n) is 8.57. The molecule has 0 saturated heterocycles. The number of carbonyl (C=O) groups excluding carboxylic acids is 1. The van der Waals surface area contributed by atoms with E-state index in [0.717, 1.165) is 11.5 Å². The number of rotatable bonds is 1. The second-order valence-corrected chi connectivity index (χ2v) is 2.21. The molecule has 74 valence electrons. The Morgan fingerprint density at radius 1 is 1.64 bits per heavy atom. The quantitative estimate of drug-likeness (QED) is 0.220. The van der Waals surface area contributed by atoms with Gasteiger partial charge >= 0.3 is 35.6 Å². The molecule has 0 aliphatic carbocycles. The standard InChI is InChI=1S/C7H9O.CH4N2O2.Na/c1-3-7-5-4-6(2)8-7;2-1(4)3-5;/h3-5H,1-2H3;5H,(H3,2,3,4);/q-1;;+1. The van der Waals surface area contributed by atoms with Gasteiger partial charge in [-0.2, -0.15) is 12.5 Å². The second kappa shape index (κ2) is 8.96. The van der Waals surface area contributed by atoms with Gasteiger partial charge in [-0.1, -0.05) is 0 Å². The number of primary amides is 1. The van der Waals surface area contributed by atoms with Gasteiger partial charge in [-0.05, 0) is 12.7 Å². The third kappa shape index (κ3) is 8.00. The maximum absolute atomic E-state index is 9.23. The largest absolute Gasteiger partial charge is 1.00 e.